The van der Waals surface area contributed by atoms with Gasteiger partial charge in [0.25, 0.3) is 11.9 Å². The van der Waals surface area contributed by atoms with Crippen LogP contribution in [0.1, 0.15) is 42.6 Å². The Morgan fingerprint density at radius 1 is 1.48 bits per heavy atom. The normalized spacial score (nSPS) is 18.3. The van der Waals surface area contributed by atoms with Gasteiger partial charge in [-0.2, -0.15) is 0 Å². The average molecular weight is 318 g/mol. The summed E-state index contributed by atoms with van der Waals surface area (Å²) in [7, 11) is 0. The van der Waals surface area contributed by atoms with E-state index in [0.29, 0.717) is 24.6 Å². The maximum atomic E-state index is 12.3. The Morgan fingerprint density at radius 3 is 2.96 bits per heavy atom. The highest BCUT2D eigenvalue weighted by Gasteiger charge is 2.16. The van der Waals surface area contributed by atoms with Crippen molar-refractivity contribution in [3.8, 4) is 0 Å². The zero-order valence-electron chi connectivity index (χ0n) is 14.2. The van der Waals surface area contributed by atoms with Gasteiger partial charge in [0.1, 0.15) is 0 Å². The molecule has 0 aliphatic carbocycles. The Hall–Kier alpha value is -1.88. The van der Waals surface area contributed by atoms with Crippen LogP contribution in [0.4, 0.5) is 0 Å². The van der Waals surface area contributed by atoms with Crippen molar-refractivity contribution in [3.63, 3.8) is 0 Å². The second kappa shape index (κ2) is 8.67. The number of amidine groups is 1. The molecule has 5 heteroatoms. The number of carbonyl (C=O) groups is 1. The molecule has 1 saturated heterocycles. The van der Waals surface area contributed by atoms with Gasteiger partial charge in [-0.25, -0.2) is 4.99 Å². The first kappa shape index (κ1) is 17.5. The molecule has 1 amide bonds. The average Bonchev–Trinajstić information content (AvgIpc) is 3.03. The molecule has 1 unspecified atom stereocenters. The summed E-state index contributed by atoms with van der Waals surface area (Å²) in [5, 5.41) is 2.77. The number of hydrogen-bond acceptors (Lipinski definition) is 4. The highest BCUT2D eigenvalue weighted by molar-refractivity contribution is 6.04. The maximum Gasteiger partial charge on any atom is 0.291 e. The summed E-state index contributed by atoms with van der Waals surface area (Å²) in [6, 6.07) is 7.72. The number of aliphatic imine (C=N–C) groups is 1. The van der Waals surface area contributed by atoms with Gasteiger partial charge in [-0.3, -0.25) is 10.1 Å². The van der Waals surface area contributed by atoms with Crippen molar-refractivity contribution in [1.82, 2.24) is 5.32 Å². The lowest BCUT2D eigenvalue weighted by Crippen LogP contribution is -2.34. The molecule has 1 heterocycles. The molecule has 0 radical (unpaired) electrons. The van der Waals surface area contributed by atoms with Crippen molar-refractivity contribution in [2.45, 2.75) is 39.7 Å². The molecule has 2 rings (SSSR count). The van der Waals surface area contributed by atoms with Crippen molar-refractivity contribution < 1.29 is 14.3 Å². The molecule has 126 valence electrons. The first-order valence-electron chi connectivity index (χ1n) is 8.21. The molecule has 1 aromatic carbocycles. The molecule has 0 spiro atoms. The van der Waals surface area contributed by atoms with E-state index in [1.54, 1.807) is 6.07 Å². The van der Waals surface area contributed by atoms with Crippen LogP contribution >= 0.6 is 0 Å². The minimum atomic E-state index is -0.205. The SMILES string of the molecule is Cc1cccc(C(=O)NC(=NCC2CCCO2)OCC(C)C)c1. The lowest BCUT2D eigenvalue weighted by Gasteiger charge is -2.14. The van der Waals surface area contributed by atoms with Crippen LogP contribution in [0.3, 0.4) is 0 Å². The number of ether oxygens (including phenoxy) is 2. The number of benzene rings is 1. The summed E-state index contributed by atoms with van der Waals surface area (Å²) >= 11 is 0. The Balaban J connectivity index is 2.00. The number of amides is 1. The number of aryl methyl sites for hydroxylation is 1. The van der Waals surface area contributed by atoms with Crippen LogP contribution in [-0.4, -0.2) is 37.8 Å². The Kier molecular flexibility index (Phi) is 6.59. The quantitative estimate of drug-likeness (QED) is 0.671. The molecule has 0 bridgehead atoms. The van der Waals surface area contributed by atoms with Crippen molar-refractivity contribution in [2.75, 3.05) is 19.8 Å². The smallest absolute Gasteiger partial charge is 0.291 e. The molecule has 1 N–H and O–H groups in total. The monoisotopic (exact) mass is 318 g/mol. The van der Waals surface area contributed by atoms with Crippen LogP contribution in [0, 0.1) is 12.8 Å². The summed E-state index contributed by atoms with van der Waals surface area (Å²) in [6.07, 6.45) is 2.20. The second-order valence-electron chi connectivity index (χ2n) is 6.31. The summed E-state index contributed by atoms with van der Waals surface area (Å²) in [5.74, 6) is 0.155. The molecule has 1 fully saturated rings. The summed E-state index contributed by atoms with van der Waals surface area (Å²) < 4.78 is 11.2. The molecular weight excluding hydrogens is 292 g/mol. The zero-order valence-corrected chi connectivity index (χ0v) is 14.2. The first-order valence-corrected chi connectivity index (χ1v) is 8.21. The minimum Gasteiger partial charge on any atom is -0.465 e. The predicted octanol–water partition coefficient (Wildman–Crippen LogP) is 2.93. The number of hydrogen-bond donors (Lipinski definition) is 1. The molecule has 1 aromatic rings. The Bertz CT molecular complexity index is 549. The van der Waals surface area contributed by atoms with Crippen molar-refractivity contribution in [2.24, 2.45) is 10.9 Å². The first-order chi connectivity index (χ1) is 11.0. The van der Waals surface area contributed by atoms with Crippen LogP contribution < -0.4 is 5.32 Å². The van der Waals surface area contributed by atoms with Gasteiger partial charge in [0, 0.05) is 12.2 Å². The molecule has 5 nitrogen and oxygen atoms in total. The number of nitrogens with zero attached hydrogens (tertiary/aromatic N) is 1. The van der Waals surface area contributed by atoms with Crippen LogP contribution in [0.15, 0.2) is 29.3 Å². The number of rotatable bonds is 5. The molecule has 23 heavy (non-hydrogen) atoms. The zero-order chi connectivity index (χ0) is 16.7. The van der Waals surface area contributed by atoms with Gasteiger partial charge in [0.05, 0.1) is 19.3 Å². The largest absolute Gasteiger partial charge is 0.465 e. The molecule has 0 aromatic heterocycles. The molecule has 1 aliphatic rings. The van der Waals surface area contributed by atoms with Gasteiger partial charge in [-0.1, -0.05) is 31.5 Å². The lowest BCUT2D eigenvalue weighted by molar-refractivity contribution is 0.0960. The van der Waals surface area contributed by atoms with Crippen molar-refractivity contribution in [1.29, 1.82) is 0 Å². The fraction of sp³-hybridized carbons (Fsp3) is 0.556. The van der Waals surface area contributed by atoms with E-state index in [0.717, 1.165) is 25.0 Å². The highest BCUT2D eigenvalue weighted by Crippen LogP contribution is 2.12. The van der Waals surface area contributed by atoms with E-state index in [2.05, 4.69) is 24.2 Å². The molecule has 0 saturated carbocycles. The molecular formula is C18H26N2O3. The number of carbonyl (C=O) groups excluding carboxylic acids is 1. The van der Waals surface area contributed by atoms with Gasteiger partial charge in [0.2, 0.25) is 0 Å². The fourth-order valence-corrected chi connectivity index (χ4v) is 2.30. The van der Waals surface area contributed by atoms with Crippen molar-refractivity contribution in [3.05, 3.63) is 35.4 Å². The maximum absolute atomic E-state index is 12.3. The molecule has 1 atom stereocenters. The molecule has 1 aliphatic heterocycles. The van der Waals surface area contributed by atoms with Crippen molar-refractivity contribution >= 4 is 11.9 Å². The Labute approximate surface area is 138 Å². The topological polar surface area (TPSA) is 59.9 Å². The van der Waals surface area contributed by atoms with Gasteiger partial charge >= 0.3 is 0 Å². The number of nitrogens with one attached hydrogen (secondary N) is 1. The summed E-state index contributed by atoms with van der Waals surface area (Å²) in [6.45, 7) is 7.89. The minimum absolute atomic E-state index is 0.128. The highest BCUT2D eigenvalue weighted by atomic mass is 16.5. The van der Waals surface area contributed by atoms with Gasteiger partial charge in [-0.15, -0.1) is 0 Å². The van der Waals surface area contributed by atoms with E-state index in [9.17, 15) is 4.79 Å². The lowest BCUT2D eigenvalue weighted by atomic mass is 10.1. The van der Waals surface area contributed by atoms with E-state index < -0.39 is 0 Å². The third-order valence-electron chi connectivity index (χ3n) is 3.52. The van der Waals surface area contributed by atoms with E-state index in [4.69, 9.17) is 9.47 Å². The standard InChI is InChI=1S/C18H26N2O3/c1-13(2)12-23-18(19-11-16-8-5-9-22-16)20-17(21)15-7-4-6-14(3)10-15/h4,6-7,10,13,16H,5,8-9,11-12H2,1-3H3,(H,19,20,21). The third kappa shape index (κ3) is 6.02. The van der Waals surface area contributed by atoms with Gasteiger partial charge in [0.15, 0.2) is 0 Å². The van der Waals surface area contributed by atoms with Gasteiger partial charge < -0.3 is 9.47 Å². The predicted molar refractivity (Wildman–Crippen MR) is 90.7 cm³/mol. The van der Waals surface area contributed by atoms with Crippen LogP contribution in [0.25, 0.3) is 0 Å². The van der Waals surface area contributed by atoms with E-state index in [1.165, 1.54) is 0 Å². The summed E-state index contributed by atoms with van der Waals surface area (Å²) in [4.78, 5) is 16.7. The van der Waals surface area contributed by atoms with Crippen LogP contribution in [0.2, 0.25) is 0 Å². The fourth-order valence-electron chi connectivity index (χ4n) is 2.30. The Morgan fingerprint density at radius 2 is 2.30 bits per heavy atom. The van der Waals surface area contributed by atoms with Gasteiger partial charge in [-0.05, 0) is 37.8 Å². The third-order valence-corrected chi connectivity index (χ3v) is 3.52. The van der Waals surface area contributed by atoms with Crippen LogP contribution in [0.5, 0.6) is 0 Å². The summed E-state index contributed by atoms with van der Waals surface area (Å²) in [5.41, 5.74) is 1.64. The van der Waals surface area contributed by atoms with E-state index in [-0.39, 0.29) is 18.0 Å². The van der Waals surface area contributed by atoms with E-state index in [1.807, 2.05) is 25.1 Å². The van der Waals surface area contributed by atoms with E-state index >= 15 is 0 Å². The second-order valence-corrected chi connectivity index (χ2v) is 6.31. The van der Waals surface area contributed by atoms with Crippen LogP contribution in [-0.2, 0) is 9.47 Å².